The quantitative estimate of drug-likeness (QED) is 0.0968. The smallest absolute Gasteiger partial charge is 0.387 e. The number of anilines is 2. The van der Waals surface area contributed by atoms with Gasteiger partial charge in [-0.2, -0.15) is 4.98 Å². The fourth-order valence-corrected chi connectivity index (χ4v) is 7.26. The third-order valence-electron chi connectivity index (χ3n) is 7.45. The van der Waals surface area contributed by atoms with E-state index < -0.39 is 89.2 Å². The summed E-state index contributed by atoms with van der Waals surface area (Å²) in [5.74, 6) is -0.424. The number of nitrogens with one attached hydrogen (secondary N) is 2. The molecule has 10 N–H and O–H groups in total. The number of fused-ring (bicyclic) bond motifs is 6. The van der Waals surface area contributed by atoms with E-state index in [2.05, 4.69) is 29.9 Å². The highest BCUT2D eigenvalue weighted by molar-refractivity contribution is 7.47. The highest BCUT2D eigenvalue weighted by atomic mass is 31.2. The zero-order valence-electron chi connectivity index (χ0n) is 22.8. The first-order valence-corrected chi connectivity index (χ1v) is 16.1. The predicted octanol–water partition coefficient (Wildman–Crippen LogP) is -3.05. The van der Waals surface area contributed by atoms with Gasteiger partial charge in [0.25, 0.3) is 5.56 Å². The average Bonchev–Trinajstić information content (AvgIpc) is 3.70. The van der Waals surface area contributed by atoms with Crippen LogP contribution in [-0.2, 0) is 36.7 Å². The number of phosphoric ester groups is 2. The fourth-order valence-electron chi connectivity index (χ4n) is 5.40. The summed E-state index contributed by atoms with van der Waals surface area (Å²) in [5, 5.41) is 22.1. The number of nitrogens with zero attached hydrogens (tertiary/aromatic N) is 6. The molecule has 248 valence electrons. The molecule has 4 bridgehead atoms. The third-order valence-corrected chi connectivity index (χ3v) is 9.42. The maximum Gasteiger partial charge on any atom is 0.472 e. The number of aliphatic hydroxyl groups excluding tert-OH is 2. The van der Waals surface area contributed by atoms with Crippen molar-refractivity contribution in [2.75, 3.05) is 24.7 Å². The topological polar surface area (TPSA) is 350 Å². The first-order chi connectivity index (χ1) is 21.7. The Hall–Kier alpha value is -3.64. The number of aromatic amines is 2. The Balaban J connectivity index is 1.24. The van der Waals surface area contributed by atoms with Gasteiger partial charge in [-0.15, -0.1) is 0 Å². The van der Waals surface area contributed by atoms with E-state index in [9.17, 15) is 38.7 Å². The minimum absolute atomic E-state index is 0.0171. The summed E-state index contributed by atoms with van der Waals surface area (Å²) in [6.07, 6.45) is -11.6. The van der Waals surface area contributed by atoms with Crippen LogP contribution >= 0.6 is 15.6 Å². The van der Waals surface area contributed by atoms with Crippen LogP contribution in [0.2, 0.25) is 0 Å². The number of ether oxygens (including phenoxy) is 2. The molecular weight excluding hydrogens is 666 g/mol. The first kappa shape index (κ1) is 31.0. The van der Waals surface area contributed by atoms with Crippen molar-refractivity contribution in [3.63, 3.8) is 0 Å². The molecule has 26 heteroatoms. The van der Waals surface area contributed by atoms with Gasteiger partial charge in [-0.3, -0.25) is 32.4 Å². The number of nitrogen functional groups attached to an aromatic ring is 2. The van der Waals surface area contributed by atoms with Crippen LogP contribution in [0.5, 0.6) is 0 Å². The third kappa shape index (κ3) is 5.23. The summed E-state index contributed by atoms with van der Waals surface area (Å²) in [6.45, 7) is -1.80. The number of hydrogen-bond acceptors (Lipinski definition) is 18. The van der Waals surface area contributed by atoms with E-state index in [1.165, 1.54) is 0 Å². The van der Waals surface area contributed by atoms with Gasteiger partial charge in [-0.25, -0.2) is 33.4 Å². The van der Waals surface area contributed by atoms with Crippen molar-refractivity contribution in [3.8, 4) is 0 Å². The molecule has 3 aliphatic rings. The van der Waals surface area contributed by atoms with Gasteiger partial charge in [0.1, 0.15) is 48.5 Å². The van der Waals surface area contributed by atoms with Crippen molar-refractivity contribution < 1.29 is 56.7 Å². The summed E-state index contributed by atoms with van der Waals surface area (Å²) in [7, 11) is -10.3. The molecule has 0 spiro atoms. The Morgan fingerprint density at radius 1 is 0.870 bits per heavy atom. The lowest BCUT2D eigenvalue weighted by atomic mass is 10.1. The molecule has 24 nitrogen and oxygen atoms in total. The van der Waals surface area contributed by atoms with Crippen molar-refractivity contribution in [1.82, 2.24) is 39.0 Å². The lowest BCUT2D eigenvalue weighted by Gasteiger charge is -2.25. The van der Waals surface area contributed by atoms with Gasteiger partial charge in [-0.1, -0.05) is 0 Å². The Bertz CT molecular complexity index is 2050. The van der Waals surface area contributed by atoms with Gasteiger partial charge < -0.3 is 45.9 Å². The van der Waals surface area contributed by atoms with E-state index >= 15 is 0 Å². The van der Waals surface area contributed by atoms with E-state index in [1.54, 1.807) is 0 Å². The van der Waals surface area contributed by atoms with E-state index in [-0.39, 0.29) is 34.1 Å². The van der Waals surface area contributed by atoms with Crippen molar-refractivity contribution >= 4 is 49.7 Å². The van der Waals surface area contributed by atoms with Crippen LogP contribution in [0.25, 0.3) is 22.3 Å². The Morgan fingerprint density at radius 2 is 1.48 bits per heavy atom. The number of imidazole rings is 2. The Kier molecular flexibility index (Phi) is 7.39. The Morgan fingerprint density at radius 3 is 2.13 bits per heavy atom. The standard InChI is InChI=1S/C20H24N10O14P2/c21-13-7-14(24-3-23-13)30(20(34)26-7)18-12-10(32)6(42-18)2-40-45(35,36)43-11-9(31)5(1-39-46(37,38)44-12)41-17(11)29-4-25-8-15(29)27-19(22)28-16(8)33/h3-6,9-12,17-18,31-32H,1-2H2,(H,26,34)(H,35,36)(H,37,38)(H2,21,23,24)(H3,22,27,28,33)/t5-,6-,9-,10-,11-,12-,17-,18-/m1/s1. The lowest BCUT2D eigenvalue weighted by Crippen LogP contribution is -2.38. The van der Waals surface area contributed by atoms with E-state index in [4.69, 9.17) is 39.0 Å². The number of H-pyrrole nitrogens is 2. The molecule has 3 aliphatic heterocycles. The number of phosphoric acid groups is 2. The van der Waals surface area contributed by atoms with Gasteiger partial charge >= 0.3 is 21.3 Å². The van der Waals surface area contributed by atoms with Crippen LogP contribution in [0.4, 0.5) is 11.8 Å². The molecule has 4 aromatic rings. The highest BCUT2D eigenvalue weighted by Gasteiger charge is 2.54. The Labute approximate surface area is 253 Å². The molecule has 0 amide bonds. The number of rotatable bonds is 2. The first-order valence-electron chi connectivity index (χ1n) is 13.1. The molecule has 7 rings (SSSR count). The molecule has 0 saturated carbocycles. The minimum atomic E-state index is -5.18. The molecule has 10 atom stereocenters. The normalized spacial score (nSPS) is 37.1. The fraction of sp³-hybridized carbons (Fsp3) is 0.500. The second-order valence-corrected chi connectivity index (χ2v) is 13.1. The van der Waals surface area contributed by atoms with Crippen LogP contribution in [0, 0.1) is 0 Å². The van der Waals surface area contributed by atoms with Gasteiger partial charge in [0.05, 0.1) is 19.5 Å². The van der Waals surface area contributed by atoms with Crippen molar-refractivity contribution in [2.45, 2.75) is 49.1 Å². The summed E-state index contributed by atoms with van der Waals surface area (Å²) in [4.78, 5) is 66.8. The summed E-state index contributed by atoms with van der Waals surface area (Å²) >= 11 is 0. The van der Waals surface area contributed by atoms with E-state index in [0.29, 0.717) is 0 Å². The molecule has 3 fully saturated rings. The zero-order chi connectivity index (χ0) is 32.7. The van der Waals surface area contributed by atoms with Crippen molar-refractivity contribution in [2.24, 2.45) is 0 Å². The molecule has 3 saturated heterocycles. The zero-order valence-corrected chi connectivity index (χ0v) is 24.6. The van der Waals surface area contributed by atoms with Gasteiger partial charge in [0.15, 0.2) is 35.1 Å². The molecule has 0 aliphatic carbocycles. The van der Waals surface area contributed by atoms with Gasteiger partial charge in [0, 0.05) is 0 Å². The maximum absolute atomic E-state index is 13.2. The lowest BCUT2D eigenvalue weighted by molar-refractivity contribution is -0.0682. The second-order valence-electron chi connectivity index (χ2n) is 10.3. The molecule has 2 unspecified atom stereocenters. The summed E-state index contributed by atoms with van der Waals surface area (Å²) in [5.41, 5.74) is 9.35. The molecule has 0 aromatic carbocycles. The van der Waals surface area contributed by atoms with Crippen molar-refractivity contribution in [1.29, 1.82) is 0 Å². The second kappa shape index (κ2) is 11.0. The van der Waals surface area contributed by atoms with Crippen LogP contribution in [0.15, 0.2) is 22.2 Å². The van der Waals surface area contributed by atoms with Crippen molar-refractivity contribution in [3.05, 3.63) is 33.5 Å². The van der Waals surface area contributed by atoms with Crippen LogP contribution in [0.3, 0.4) is 0 Å². The van der Waals surface area contributed by atoms with Gasteiger partial charge in [-0.05, 0) is 0 Å². The molecule has 46 heavy (non-hydrogen) atoms. The number of nitrogens with two attached hydrogens (primary N) is 2. The monoisotopic (exact) mass is 690 g/mol. The highest BCUT2D eigenvalue weighted by Crippen LogP contribution is 2.53. The van der Waals surface area contributed by atoms with Crippen LogP contribution < -0.4 is 22.7 Å². The molecule has 0 radical (unpaired) electrons. The SMILES string of the molecule is Nc1nc2c(ncn2[C@@H]2O[C@@H]3COP(=O)(O)O[C@@H]4[C@H](O)[C@@H](COP(=O)(O)O[C@@H]2[C@@H]3O)O[C@H]4n2c(=O)[nH]c3c(N)ncnc32)c(=O)[nH]1. The molecular formula is C20H24N10O14P2. The summed E-state index contributed by atoms with van der Waals surface area (Å²) in [6, 6.07) is 0. The van der Waals surface area contributed by atoms with E-state index in [0.717, 1.165) is 21.8 Å². The van der Waals surface area contributed by atoms with Crippen LogP contribution in [-0.4, -0.2) is 109 Å². The van der Waals surface area contributed by atoms with E-state index in [1.807, 2.05) is 0 Å². The van der Waals surface area contributed by atoms with Gasteiger partial charge in [0.2, 0.25) is 5.95 Å². The average molecular weight is 690 g/mol. The number of aromatic nitrogens is 8. The van der Waals surface area contributed by atoms with Crippen LogP contribution in [0.1, 0.15) is 12.5 Å². The molecule has 7 heterocycles. The maximum atomic E-state index is 13.2. The summed E-state index contributed by atoms with van der Waals surface area (Å²) < 4.78 is 60.5. The predicted molar refractivity (Wildman–Crippen MR) is 146 cm³/mol. The minimum Gasteiger partial charge on any atom is -0.387 e. The number of hydrogen-bond donors (Lipinski definition) is 8. The number of aliphatic hydroxyl groups is 2. The molecule has 4 aromatic heterocycles. The largest absolute Gasteiger partial charge is 0.472 e.